The third kappa shape index (κ3) is 4.14. The van der Waals surface area contributed by atoms with E-state index in [9.17, 15) is 42.1 Å². The Labute approximate surface area is 232 Å². The number of hydrogen-bond acceptors (Lipinski definition) is 13. The van der Waals surface area contributed by atoms with Gasteiger partial charge in [-0.3, -0.25) is 0 Å². The quantitative estimate of drug-likeness (QED) is 0.275. The monoisotopic (exact) mass is 654 g/mol. The standard InChI is InChI=1S/C20H23BN2O12S5/c1-14-8-10-15(11-9-14)40(32,33)23-13-17(16-7-6-12-22-18(16)23)21-34-19(36(2,24)25,37(3,26)27)20(35-21,38(4,28)29)39(5,30)31/h6-13H,1-5H3. The van der Waals surface area contributed by atoms with Crippen LogP contribution in [0.3, 0.4) is 0 Å². The van der Waals surface area contributed by atoms with Gasteiger partial charge in [0.2, 0.25) is 0 Å². The van der Waals surface area contributed by atoms with E-state index in [2.05, 4.69) is 4.98 Å². The van der Waals surface area contributed by atoms with Crippen LogP contribution in [0.4, 0.5) is 0 Å². The van der Waals surface area contributed by atoms with E-state index in [0.717, 1.165) is 11.8 Å². The number of hydrogen-bond donors (Lipinski definition) is 0. The van der Waals surface area contributed by atoms with Crippen molar-refractivity contribution in [2.24, 2.45) is 0 Å². The van der Waals surface area contributed by atoms with Crippen molar-refractivity contribution in [1.82, 2.24) is 8.96 Å². The molecule has 2 aromatic heterocycles. The zero-order valence-corrected chi connectivity index (χ0v) is 25.6. The van der Waals surface area contributed by atoms with Gasteiger partial charge in [-0.05, 0) is 31.2 Å². The molecule has 1 aliphatic heterocycles. The first-order chi connectivity index (χ1) is 18.0. The van der Waals surface area contributed by atoms with E-state index in [1.165, 1.54) is 42.6 Å². The molecule has 0 bridgehead atoms. The zero-order valence-electron chi connectivity index (χ0n) is 21.5. The molecule has 1 saturated heterocycles. The van der Waals surface area contributed by atoms with Gasteiger partial charge in [-0.1, -0.05) is 17.7 Å². The van der Waals surface area contributed by atoms with Crippen molar-refractivity contribution in [3.8, 4) is 0 Å². The minimum atomic E-state index is -5.29. The van der Waals surface area contributed by atoms with Crippen LogP contribution in [0.1, 0.15) is 5.56 Å². The van der Waals surface area contributed by atoms with Crippen molar-refractivity contribution in [2.75, 3.05) is 25.0 Å². The maximum Gasteiger partial charge on any atom is 0.500 e. The fourth-order valence-electron chi connectivity index (χ4n) is 4.63. The van der Waals surface area contributed by atoms with E-state index in [1.54, 1.807) is 6.92 Å². The average Bonchev–Trinajstić information content (AvgIpc) is 3.37. The van der Waals surface area contributed by atoms with E-state index < -0.39 is 70.5 Å². The lowest BCUT2D eigenvalue weighted by atomic mass is 9.79. The van der Waals surface area contributed by atoms with Crippen LogP contribution in [0.15, 0.2) is 53.7 Å². The summed E-state index contributed by atoms with van der Waals surface area (Å²) in [5, 5.41) is -0.0862. The number of pyridine rings is 1. The predicted octanol–water partition coefficient (Wildman–Crippen LogP) is -1.19. The topological polar surface area (TPSA) is 207 Å². The van der Waals surface area contributed by atoms with Gasteiger partial charge in [-0.25, -0.2) is 51.0 Å². The molecule has 1 aromatic carbocycles. The molecule has 40 heavy (non-hydrogen) atoms. The van der Waals surface area contributed by atoms with Crippen LogP contribution >= 0.6 is 0 Å². The first kappa shape index (κ1) is 30.6. The molecule has 0 radical (unpaired) electrons. The van der Waals surface area contributed by atoms with E-state index in [4.69, 9.17) is 9.31 Å². The lowest BCUT2D eigenvalue weighted by Crippen LogP contribution is -2.67. The van der Waals surface area contributed by atoms with Crippen LogP contribution in [-0.2, 0) is 58.7 Å². The Bertz CT molecular complexity index is 1950. The van der Waals surface area contributed by atoms with Crippen LogP contribution in [0, 0.1) is 6.92 Å². The molecule has 218 valence electrons. The molecule has 0 N–H and O–H groups in total. The molecule has 0 saturated carbocycles. The summed E-state index contributed by atoms with van der Waals surface area (Å²) in [6, 6.07) is 8.36. The van der Waals surface area contributed by atoms with Crippen molar-refractivity contribution in [3.63, 3.8) is 0 Å². The Morgan fingerprint density at radius 3 is 1.60 bits per heavy atom. The molecule has 1 aliphatic rings. The summed E-state index contributed by atoms with van der Waals surface area (Å²) in [4.78, 5) is 3.87. The average molecular weight is 655 g/mol. The number of sulfone groups is 4. The molecule has 0 atom stereocenters. The van der Waals surface area contributed by atoms with Crippen molar-refractivity contribution < 1.29 is 51.4 Å². The highest BCUT2D eigenvalue weighted by molar-refractivity contribution is 8.16. The largest absolute Gasteiger partial charge is 0.500 e. The van der Waals surface area contributed by atoms with Crippen LogP contribution < -0.4 is 5.46 Å². The molecule has 14 nitrogen and oxygen atoms in total. The third-order valence-electron chi connectivity index (χ3n) is 6.25. The number of rotatable bonds is 7. The minimum Gasteiger partial charge on any atom is -0.372 e. The van der Waals surface area contributed by atoms with Crippen LogP contribution in [0.2, 0.25) is 0 Å². The summed E-state index contributed by atoms with van der Waals surface area (Å²) in [6.07, 6.45) is 3.26. The van der Waals surface area contributed by atoms with Crippen molar-refractivity contribution in [1.29, 1.82) is 0 Å². The fraction of sp³-hybridized carbons (Fsp3) is 0.350. The van der Waals surface area contributed by atoms with Gasteiger partial charge in [-0.15, -0.1) is 0 Å². The van der Waals surface area contributed by atoms with Crippen molar-refractivity contribution >= 4 is 73.0 Å². The maximum absolute atomic E-state index is 13.5. The highest BCUT2D eigenvalue weighted by atomic mass is 32.3. The molecule has 0 spiro atoms. The SMILES string of the molecule is Cc1ccc(S(=O)(=O)n2cc(B3OC(S(C)(=O)=O)(S(C)(=O)=O)C(S(C)(=O)=O)(S(C)(=O)=O)O3)c3cccnc32)cc1. The third-order valence-corrected chi connectivity index (χ3v) is 17.5. The second-order valence-corrected chi connectivity index (χ2v) is 20.2. The van der Waals surface area contributed by atoms with Crippen molar-refractivity contribution in [2.45, 2.75) is 20.3 Å². The van der Waals surface area contributed by atoms with Gasteiger partial charge >= 0.3 is 15.6 Å². The second-order valence-electron chi connectivity index (χ2n) is 9.34. The van der Waals surface area contributed by atoms with Crippen molar-refractivity contribution in [3.05, 3.63) is 54.4 Å². The lowest BCUT2D eigenvalue weighted by molar-refractivity contribution is 0.202. The molecule has 20 heteroatoms. The number of fused-ring (bicyclic) bond motifs is 1. The molecular formula is C20H23BN2O12S5. The normalized spacial score (nSPS) is 18.3. The number of aryl methyl sites for hydroxylation is 1. The molecule has 1 fully saturated rings. The Morgan fingerprint density at radius 1 is 0.725 bits per heavy atom. The first-order valence-corrected chi connectivity index (χ1v) is 20.0. The molecule has 4 rings (SSSR count). The van der Waals surface area contributed by atoms with Gasteiger partial charge < -0.3 is 9.31 Å². The maximum atomic E-state index is 13.5. The summed E-state index contributed by atoms with van der Waals surface area (Å²) in [7, 11) is -27.9. The fourth-order valence-corrected chi connectivity index (χ4v) is 17.1. The van der Waals surface area contributed by atoms with Gasteiger partial charge in [0.25, 0.3) is 10.0 Å². The van der Waals surface area contributed by atoms with Gasteiger partial charge in [0.05, 0.1) is 4.90 Å². The molecular weight excluding hydrogens is 631 g/mol. The summed E-state index contributed by atoms with van der Waals surface area (Å²) >= 11 is 0. The summed E-state index contributed by atoms with van der Waals surface area (Å²) in [6.45, 7) is 1.74. The lowest BCUT2D eigenvalue weighted by Gasteiger charge is -2.37. The molecule has 3 aromatic rings. The molecule has 0 unspecified atom stereocenters. The Morgan fingerprint density at radius 2 is 1.18 bits per heavy atom. The zero-order chi connectivity index (χ0) is 30.3. The smallest absolute Gasteiger partial charge is 0.372 e. The van der Waals surface area contributed by atoms with Crippen LogP contribution in [-0.4, -0.2) is 91.7 Å². The molecule has 3 heterocycles. The Balaban J connectivity index is 2.11. The first-order valence-electron chi connectivity index (χ1n) is 11.0. The predicted molar refractivity (Wildman–Crippen MR) is 146 cm³/mol. The van der Waals surface area contributed by atoms with Crippen LogP contribution in [0.5, 0.6) is 0 Å². The Hall–Kier alpha value is -2.36. The molecule has 0 aliphatic carbocycles. The van der Waals surface area contributed by atoms with Gasteiger partial charge in [0, 0.05) is 48.3 Å². The van der Waals surface area contributed by atoms with Crippen LogP contribution in [0.25, 0.3) is 11.0 Å². The minimum absolute atomic E-state index is 0.0862. The van der Waals surface area contributed by atoms with E-state index in [1.807, 2.05) is 0 Å². The molecule has 0 amide bonds. The van der Waals surface area contributed by atoms with E-state index in [-0.39, 0.29) is 41.0 Å². The van der Waals surface area contributed by atoms with E-state index in [0.29, 0.717) is 3.97 Å². The number of benzene rings is 1. The van der Waals surface area contributed by atoms with Gasteiger partial charge in [0.15, 0.2) is 45.0 Å². The Kier molecular flexibility index (Phi) is 6.94. The summed E-state index contributed by atoms with van der Waals surface area (Å²) in [5.74, 6) is 0. The second kappa shape index (κ2) is 9.07. The highest BCUT2D eigenvalue weighted by Gasteiger charge is 2.83. The summed E-state index contributed by atoms with van der Waals surface area (Å²) in [5.41, 5.74) is 0.120. The number of aromatic nitrogens is 2. The van der Waals surface area contributed by atoms with Gasteiger partial charge in [0.1, 0.15) is 0 Å². The van der Waals surface area contributed by atoms with Gasteiger partial charge in [-0.2, -0.15) is 0 Å². The van der Waals surface area contributed by atoms with E-state index >= 15 is 0 Å². The number of nitrogens with zero attached hydrogens (tertiary/aromatic N) is 2. The highest BCUT2D eigenvalue weighted by Crippen LogP contribution is 2.51. The summed E-state index contributed by atoms with van der Waals surface area (Å²) < 4.78 is 135.